The predicted molar refractivity (Wildman–Crippen MR) is 138 cm³/mol. The van der Waals surface area contributed by atoms with E-state index in [-0.39, 0.29) is 24.0 Å². The first kappa shape index (κ1) is 24.3. The van der Waals surface area contributed by atoms with Crippen LogP contribution in [0.25, 0.3) is 0 Å². The van der Waals surface area contributed by atoms with Crippen LogP contribution in [0.5, 0.6) is 5.75 Å². The number of hydrogen-bond acceptors (Lipinski definition) is 3. The molecule has 0 radical (unpaired) electrons. The highest BCUT2D eigenvalue weighted by atomic mass is 127. The Balaban J connectivity index is 0.00000320. The lowest BCUT2D eigenvalue weighted by Gasteiger charge is -2.19. The number of nitrogens with one attached hydrogen (secondary N) is 2. The zero-order valence-corrected chi connectivity index (χ0v) is 20.6. The van der Waals surface area contributed by atoms with Gasteiger partial charge in [0.25, 0.3) is 0 Å². The molecular formula is C24H35IN4O. The van der Waals surface area contributed by atoms with Crippen molar-refractivity contribution < 1.29 is 4.74 Å². The number of rotatable bonds is 8. The van der Waals surface area contributed by atoms with Crippen molar-refractivity contribution >= 4 is 35.6 Å². The van der Waals surface area contributed by atoms with E-state index >= 15 is 0 Å². The summed E-state index contributed by atoms with van der Waals surface area (Å²) in [4.78, 5) is 6.85. The van der Waals surface area contributed by atoms with E-state index in [4.69, 9.17) is 4.74 Å². The summed E-state index contributed by atoms with van der Waals surface area (Å²) < 4.78 is 5.24. The van der Waals surface area contributed by atoms with Gasteiger partial charge >= 0.3 is 0 Å². The maximum atomic E-state index is 5.24. The number of benzene rings is 2. The van der Waals surface area contributed by atoms with Crippen LogP contribution in [0.3, 0.4) is 0 Å². The summed E-state index contributed by atoms with van der Waals surface area (Å²) in [6.45, 7) is 6.34. The smallest absolute Gasteiger partial charge is 0.190 e. The lowest BCUT2D eigenvalue weighted by atomic mass is 9.98. The van der Waals surface area contributed by atoms with E-state index in [1.165, 1.54) is 17.7 Å². The number of halogens is 1. The SMILES string of the molecule is CN=C(NCCC(C)c1ccc(OC)cc1)NCC1CCN(c2ccccc2)C1.I. The summed E-state index contributed by atoms with van der Waals surface area (Å²) >= 11 is 0. The van der Waals surface area contributed by atoms with Gasteiger partial charge in [0, 0.05) is 38.9 Å². The normalized spacial score (nSPS) is 17.2. The fraction of sp³-hybridized carbons (Fsp3) is 0.458. The Morgan fingerprint density at radius 2 is 1.87 bits per heavy atom. The third kappa shape index (κ3) is 7.07. The van der Waals surface area contributed by atoms with Gasteiger partial charge < -0.3 is 20.3 Å². The molecule has 0 spiro atoms. The first-order chi connectivity index (χ1) is 14.2. The van der Waals surface area contributed by atoms with E-state index in [1.807, 2.05) is 19.2 Å². The molecule has 164 valence electrons. The molecule has 1 saturated heterocycles. The Morgan fingerprint density at radius 1 is 1.13 bits per heavy atom. The van der Waals surface area contributed by atoms with Crippen molar-refractivity contribution in [2.45, 2.75) is 25.7 Å². The van der Waals surface area contributed by atoms with Crippen LogP contribution in [-0.2, 0) is 0 Å². The lowest BCUT2D eigenvalue weighted by molar-refractivity contribution is 0.414. The molecule has 2 aromatic rings. The number of ether oxygens (including phenoxy) is 1. The molecule has 2 N–H and O–H groups in total. The fourth-order valence-electron chi connectivity index (χ4n) is 3.84. The van der Waals surface area contributed by atoms with E-state index in [0.717, 1.165) is 44.3 Å². The summed E-state index contributed by atoms with van der Waals surface area (Å²) in [6.07, 6.45) is 2.27. The van der Waals surface area contributed by atoms with Gasteiger partial charge in [-0.2, -0.15) is 0 Å². The van der Waals surface area contributed by atoms with Crippen LogP contribution < -0.4 is 20.3 Å². The molecule has 6 heteroatoms. The average molecular weight is 522 g/mol. The van der Waals surface area contributed by atoms with Crippen molar-refractivity contribution in [2.24, 2.45) is 10.9 Å². The van der Waals surface area contributed by atoms with E-state index in [0.29, 0.717) is 11.8 Å². The minimum Gasteiger partial charge on any atom is -0.497 e. The first-order valence-electron chi connectivity index (χ1n) is 10.6. The summed E-state index contributed by atoms with van der Waals surface area (Å²) in [6, 6.07) is 19.0. The van der Waals surface area contributed by atoms with E-state index < -0.39 is 0 Å². The van der Waals surface area contributed by atoms with Crippen LogP contribution in [0.1, 0.15) is 31.2 Å². The van der Waals surface area contributed by atoms with Gasteiger partial charge in [-0.05, 0) is 54.5 Å². The second-order valence-electron chi connectivity index (χ2n) is 7.78. The molecule has 1 fully saturated rings. The van der Waals surface area contributed by atoms with E-state index in [1.54, 1.807) is 7.11 Å². The molecule has 0 aromatic heterocycles. The maximum Gasteiger partial charge on any atom is 0.190 e. The van der Waals surface area contributed by atoms with E-state index in [9.17, 15) is 0 Å². The second-order valence-corrected chi connectivity index (χ2v) is 7.78. The topological polar surface area (TPSA) is 48.9 Å². The molecule has 1 aliphatic rings. The minimum atomic E-state index is 0. The van der Waals surface area contributed by atoms with Gasteiger partial charge in [0.05, 0.1) is 7.11 Å². The van der Waals surface area contributed by atoms with Crippen LogP contribution in [0.2, 0.25) is 0 Å². The average Bonchev–Trinajstić information content (AvgIpc) is 3.25. The minimum absolute atomic E-state index is 0. The second kappa shape index (κ2) is 12.7. The number of anilines is 1. The van der Waals surface area contributed by atoms with Gasteiger partial charge in [-0.15, -0.1) is 24.0 Å². The third-order valence-electron chi connectivity index (χ3n) is 5.74. The molecule has 0 bridgehead atoms. The number of hydrogen-bond donors (Lipinski definition) is 2. The Bertz CT molecular complexity index is 767. The monoisotopic (exact) mass is 522 g/mol. The molecule has 2 atom stereocenters. The lowest BCUT2D eigenvalue weighted by Crippen LogP contribution is -2.40. The standard InChI is InChI=1S/C24H34N4O.HI/c1-19(21-9-11-23(29-3)12-10-21)13-15-26-24(25-2)27-17-20-14-16-28(18-20)22-7-5-4-6-8-22;/h4-12,19-20H,13-18H2,1-3H3,(H2,25,26,27);1H. The highest BCUT2D eigenvalue weighted by molar-refractivity contribution is 14.0. The number of methoxy groups -OCH3 is 1. The van der Waals surface area contributed by atoms with Crippen LogP contribution in [0, 0.1) is 5.92 Å². The number of nitrogens with zero attached hydrogens (tertiary/aromatic N) is 2. The highest BCUT2D eigenvalue weighted by Gasteiger charge is 2.22. The summed E-state index contributed by atoms with van der Waals surface area (Å²) in [5.74, 6) is 2.93. The van der Waals surface area contributed by atoms with E-state index in [2.05, 4.69) is 69.9 Å². The van der Waals surface area contributed by atoms with Gasteiger partial charge in [-0.1, -0.05) is 37.3 Å². The molecular weight excluding hydrogens is 487 g/mol. The molecule has 1 aliphatic heterocycles. The van der Waals surface area contributed by atoms with Crippen LogP contribution >= 0.6 is 24.0 Å². The zero-order valence-electron chi connectivity index (χ0n) is 18.3. The molecule has 3 rings (SSSR count). The van der Waals surface area contributed by atoms with Gasteiger partial charge in [0.1, 0.15) is 5.75 Å². The van der Waals surface area contributed by atoms with Crippen molar-refractivity contribution in [3.05, 3.63) is 60.2 Å². The summed E-state index contributed by atoms with van der Waals surface area (Å²) in [7, 11) is 3.54. The number of guanidine groups is 1. The first-order valence-corrected chi connectivity index (χ1v) is 10.6. The van der Waals surface area contributed by atoms with Crippen molar-refractivity contribution in [2.75, 3.05) is 45.2 Å². The van der Waals surface area contributed by atoms with Gasteiger partial charge in [-0.3, -0.25) is 4.99 Å². The van der Waals surface area contributed by atoms with Crippen molar-refractivity contribution in [1.29, 1.82) is 0 Å². The highest BCUT2D eigenvalue weighted by Crippen LogP contribution is 2.23. The molecule has 0 saturated carbocycles. The zero-order chi connectivity index (χ0) is 20.5. The largest absolute Gasteiger partial charge is 0.497 e. The van der Waals surface area contributed by atoms with Crippen molar-refractivity contribution in [3.8, 4) is 5.75 Å². The molecule has 5 nitrogen and oxygen atoms in total. The van der Waals surface area contributed by atoms with Crippen LogP contribution in [-0.4, -0.2) is 46.3 Å². The summed E-state index contributed by atoms with van der Waals surface area (Å²) in [5, 5.41) is 6.97. The molecule has 0 aliphatic carbocycles. The van der Waals surface area contributed by atoms with Crippen LogP contribution in [0.4, 0.5) is 5.69 Å². The molecule has 1 heterocycles. The molecule has 0 amide bonds. The Morgan fingerprint density at radius 3 is 2.53 bits per heavy atom. The molecule has 2 aromatic carbocycles. The van der Waals surface area contributed by atoms with Gasteiger partial charge in [0.15, 0.2) is 5.96 Å². The molecule has 2 unspecified atom stereocenters. The molecule has 30 heavy (non-hydrogen) atoms. The predicted octanol–water partition coefficient (Wildman–Crippen LogP) is 4.50. The number of para-hydroxylation sites is 1. The number of aliphatic imine (C=N–C) groups is 1. The quantitative estimate of drug-likeness (QED) is 0.305. The fourth-order valence-corrected chi connectivity index (χ4v) is 3.84. The Labute approximate surface area is 198 Å². The maximum absolute atomic E-state index is 5.24. The third-order valence-corrected chi connectivity index (χ3v) is 5.74. The van der Waals surface area contributed by atoms with Crippen molar-refractivity contribution in [3.63, 3.8) is 0 Å². The summed E-state index contributed by atoms with van der Waals surface area (Å²) in [5.41, 5.74) is 2.66. The Kier molecular flexibility index (Phi) is 10.3. The van der Waals surface area contributed by atoms with Gasteiger partial charge in [-0.25, -0.2) is 0 Å². The van der Waals surface area contributed by atoms with Crippen LogP contribution in [0.15, 0.2) is 59.6 Å². The van der Waals surface area contributed by atoms with Crippen molar-refractivity contribution in [1.82, 2.24) is 10.6 Å². The Hall–Kier alpha value is -1.96. The van der Waals surface area contributed by atoms with Gasteiger partial charge in [0.2, 0.25) is 0 Å².